The number of hydrogen-bond donors (Lipinski definition) is 2. The van der Waals surface area contributed by atoms with Gasteiger partial charge < -0.3 is 9.97 Å². The van der Waals surface area contributed by atoms with Crippen LogP contribution in [0.2, 0.25) is 0 Å². The molecule has 2 atom stereocenters. The first-order valence-corrected chi connectivity index (χ1v) is 9.76. The van der Waals surface area contributed by atoms with Crippen LogP contribution in [-0.4, -0.2) is 50.4 Å². The summed E-state index contributed by atoms with van der Waals surface area (Å²) >= 11 is 0. The summed E-state index contributed by atoms with van der Waals surface area (Å²) in [6.07, 6.45) is 6.54. The van der Waals surface area contributed by atoms with Gasteiger partial charge in [-0.05, 0) is 54.8 Å². The van der Waals surface area contributed by atoms with E-state index in [2.05, 4.69) is 55.9 Å². The normalized spacial score (nSPS) is 24.3. The highest BCUT2D eigenvalue weighted by molar-refractivity contribution is 5.79. The van der Waals surface area contributed by atoms with E-state index < -0.39 is 0 Å². The number of rotatable bonds is 4. The Kier molecular flexibility index (Phi) is 4.06. The summed E-state index contributed by atoms with van der Waals surface area (Å²) in [5, 5.41) is 1.32. The second-order valence-corrected chi connectivity index (χ2v) is 8.09. The first-order chi connectivity index (χ1) is 12.7. The molecule has 136 valence electrons. The molecule has 1 aromatic carbocycles. The van der Waals surface area contributed by atoms with Crippen molar-refractivity contribution in [2.45, 2.75) is 38.9 Å². The third-order valence-electron chi connectivity index (χ3n) is 6.21. The van der Waals surface area contributed by atoms with Gasteiger partial charge in [0.1, 0.15) is 0 Å². The number of aromatic amines is 2. The van der Waals surface area contributed by atoms with Gasteiger partial charge in [-0.2, -0.15) is 0 Å². The third-order valence-corrected chi connectivity index (χ3v) is 6.21. The summed E-state index contributed by atoms with van der Waals surface area (Å²) in [4.78, 5) is 16.4. The molecule has 5 heterocycles. The van der Waals surface area contributed by atoms with E-state index in [4.69, 9.17) is 0 Å². The van der Waals surface area contributed by atoms with Crippen molar-refractivity contribution in [1.82, 2.24) is 24.8 Å². The quantitative estimate of drug-likeness (QED) is 0.760. The SMILES string of the molecule is Cc1[nH]cnc1CN1C[C@H]2CC[C@@H](C1)N(Cc1ccc3[nH]ccc3c1)C2. The fourth-order valence-electron chi connectivity index (χ4n) is 4.79. The molecular formula is C21H27N5. The Hall–Kier alpha value is -2.11. The van der Waals surface area contributed by atoms with Gasteiger partial charge in [-0.1, -0.05) is 6.07 Å². The molecule has 0 spiro atoms. The minimum Gasteiger partial charge on any atom is -0.361 e. The summed E-state index contributed by atoms with van der Waals surface area (Å²) in [6, 6.07) is 9.67. The zero-order chi connectivity index (χ0) is 17.5. The van der Waals surface area contributed by atoms with E-state index in [0.29, 0.717) is 6.04 Å². The standard InChI is InChI=1S/C21H27N5/c1-15-21(24-14-23-15)13-25-9-17-2-4-19(12-25)26(11-17)10-16-3-5-20-18(8-16)6-7-22-20/h3,5-8,14,17,19,22H,2,4,9-13H2,1H3,(H,23,24)/t17-,19+/m1/s1. The molecule has 3 saturated heterocycles. The first kappa shape index (κ1) is 16.1. The Morgan fingerprint density at radius 3 is 2.92 bits per heavy atom. The number of aryl methyl sites for hydroxylation is 1. The number of H-pyrrole nitrogens is 2. The largest absolute Gasteiger partial charge is 0.361 e. The maximum Gasteiger partial charge on any atom is 0.0925 e. The summed E-state index contributed by atoms with van der Waals surface area (Å²) < 4.78 is 0. The van der Waals surface area contributed by atoms with Crippen molar-refractivity contribution in [3.05, 3.63) is 53.7 Å². The fourth-order valence-corrected chi connectivity index (χ4v) is 4.79. The molecule has 0 amide bonds. The summed E-state index contributed by atoms with van der Waals surface area (Å²) in [5.41, 5.74) is 5.07. The van der Waals surface area contributed by atoms with Crippen LogP contribution < -0.4 is 0 Å². The monoisotopic (exact) mass is 349 g/mol. The van der Waals surface area contributed by atoms with E-state index in [1.54, 1.807) is 0 Å². The highest BCUT2D eigenvalue weighted by atomic mass is 15.3. The van der Waals surface area contributed by atoms with Crippen LogP contribution in [0.15, 0.2) is 36.8 Å². The Morgan fingerprint density at radius 1 is 1.08 bits per heavy atom. The van der Waals surface area contributed by atoms with Crippen molar-refractivity contribution < 1.29 is 0 Å². The molecule has 5 heteroatoms. The number of nitrogens with zero attached hydrogens (tertiary/aromatic N) is 3. The predicted octanol–water partition coefficient (Wildman–Crippen LogP) is 3.30. The molecule has 2 bridgehead atoms. The van der Waals surface area contributed by atoms with Gasteiger partial charge in [0.25, 0.3) is 0 Å². The lowest BCUT2D eigenvalue weighted by atomic mass is 9.94. The van der Waals surface area contributed by atoms with Gasteiger partial charge in [0.2, 0.25) is 0 Å². The van der Waals surface area contributed by atoms with Crippen LogP contribution in [0.25, 0.3) is 10.9 Å². The maximum absolute atomic E-state index is 4.51. The highest BCUT2D eigenvalue weighted by Crippen LogP contribution is 2.30. The van der Waals surface area contributed by atoms with Crippen molar-refractivity contribution in [2.75, 3.05) is 19.6 Å². The van der Waals surface area contributed by atoms with Gasteiger partial charge in [-0.3, -0.25) is 9.80 Å². The van der Waals surface area contributed by atoms with E-state index in [9.17, 15) is 0 Å². The smallest absolute Gasteiger partial charge is 0.0925 e. The van der Waals surface area contributed by atoms with E-state index in [1.807, 2.05) is 12.5 Å². The topological polar surface area (TPSA) is 51.0 Å². The number of nitrogens with one attached hydrogen (secondary N) is 2. The molecule has 0 radical (unpaired) electrons. The number of imidazole rings is 1. The molecule has 0 aliphatic carbocycles. The van der Waals surface area contributed by atoms with Gasteiger partial charge in [0.15, 0.2) is 0 Å². The maximum atomic E-state index is 4.51. The molecule has 3 aromatic rings. The number of hydrogen-bond acceptors (Lipinski definition) is 3. The lowest BCUT2D eigenvalue weighted by Gasteiger charge is -2.36. The molecule has 0 unspecified atom stereocenters. The molecule has 5 nitrogen and oxygen atoms in total. The van der Waals surface area contributed by atoms with Crippen LogP contribution in [0.5, 0.6) is 0 Å². The summed E-state index contributed by atoms with van der Waals surface area (Å²) in [5.74, 6) is 0.781. The first-order valence-electron chi connectivity index (χ1n) is 9.76. The Morgan fingerprint density at radius 2 is 2.04 bits per heavy atom. The number of fused-ring (bicyclic) bond motifs is 5. The Labute approximate surface area is 154 Å². The Bertz CT molecular complexity index is 895. The van der Waals surface area contributed by atoms with Crippen LogP contribution in [0.1, 0.15) is 29.8 Å². The van der Waals surface area contributed by atoms with Gasteiger partial charge >= 0.3 is 0 Å². The van der Waals surface area contributed by atoms with Gasteiger partial charge in [0.05, 0.1) is 12.0 Å². The van der Waals surface area contributed by atoms with Crippen LogP contribution in [0.4, 0.5) is 0 Å². The van der Waals surface area contributed by atoms with Crippen LogP contribution >= 0.6 is 0 Å². The lowest BCUT2D eigenvalue weighted by Crippen LogP contribution is -2.43. The molecule has 26 heavy (non-hydrogen) atoms. The molecular weight excluding hydrogens is 322 g/mol. The molecule has 2 aromatic heterocycles. The average Bonchev–Trinajstić information content (AvgIpc) is 3.16. The van der Waals surface area contributed by atoms with Crippen molar-refractivity contribution in [1.29, 1.82) is 0 Å². The second-order valence-electron chi connectivity index (χ2n) is 8.09. The fraction of sp³-hybridized carbons (Fsp3) is 0.476. The van der Waals surface area contributed by atoms with Crippen LogP contribution in [0.3, 0.4) is 0 Å². The number of piperidine rings is 1. The predicted molar refractivity (Wildman–Crippen MR) is 104 cm³/mol. The molecule has 0 saturated carbocycles. The van der Waals surface area contributed by atoms with Crippen molar-refractivity contribution in [3.8, 4) is 0 Å². The van der Waals surface area contributed by atoms with E-state index in [1.165, 1.54) is 53.8 Å². The Balaban J connectivity index is 1.31. The van der Waals surface area contributed by atoms with Gasteiger partial charge in [-0.15, -0.1) is 0 Å². The molecule has 3 aliphatic rings. The van der Waals surface area contributed by atoms with Crippen molar-refractivity contribution >= 4 is 10.9 Å². The molecule has 2 N–H and O–H groups in total. The lowest BCUT2D eigenvalue weighted by molar-refractivity contribution is 0.123. The molecule has 6 rings (SSSR count). The van der Waals surface area contributed by atoms with E-state index in [-0.39, 0.29) is 0 Å². The minimum atomic E-state index is 0.662. The molecule has 3 fully saturated rings. The number of benzene rings is 1. The van der Waals surface area contributed by atoms with Crippen molar-refractivity contribution in [2.24, 2.45) is 5.92 Å². The average molecular weight is 349 g/mol. The molecule has 3 aliphatic heterocycles. The summed E-state index contributed by atoms with van der Waals surface area (Å²) in [6.45, 7) is 7.76. The number of aromatic nitrogens is 3. The van der Waals surface area contributed by atoms with E-state index in [0.717, 1.165) is 25.6 Å². The van der Waals surface area contributed by atoms with Crippen LogP contribution in [-0.2, 0) is 13.1 Å². The zero-order valence-electron chi connectivity index (χ0n) is 15.4. The van der Waals surface area contributed by atoms with Crippen LogP contribution in [0, 0.1) is 12.8 Å². The highest BCUT2D eigenvalue weighted by Gasteiger charge is 2.34. The van der Waals surface area contributed by atoms with Crippen molar-refractivity contribution in [3.63, 3.8) is 0 Å². The zero-order valence-corrected chi connectivity index (χ0v) is 15.4. The minimum absolute atomic E-state index is 0.662. The van der Waals surface area contributed by atoms with Gasteiger partial charge in [-0.25, -0.2) is 4.98 Å². The van der Waals surface area contributed by atoms with E-state index >= 15 is 0 Å². The second kappa shape index (κ2) is 6.56. The summed E-state index contributed by atoms with van der Waals surface area (Å²) in [7, 11) is 0. The third kappa shape index (κ3) is 3.06. The van der Waals surface area contributed by atoms with Gasteiger partial charge in [0, 0.05) is 56.2 Å².